The van der Waals surface area contributed by atoms with Gasteiger partial charge in [0.2, 0.25) is 5.89 Å². The first-order valence-corrected chi connectivity index (χ1v) is 4.04. The van der Waals surface area contributed by atoms with E-state index in [1.165, 1.54) is 0 Å². The van der Waals surface area contributed by atoms with Crippen LogP contribution in [0.15, 0.2) is 4.52 Å². The van der Waals surface area contributed by atoms with Crippen molar-refractivity contribution < 1.29 is 18.9 Å². The Labute approximate surface area is 83.2 Å². The van der Waals surface area contributed by atoms with Gasteiger partial charge in [-0.05, 0) is 0 Å². The lowest BCUT2D eigenvalue weighted by Crippen LogP contribution is -2.30. The van der Waals surface area contributed by atoms with Gasteiger partial charge in [-0.25, -0.2) is 9.69 Å². The first kappa shape index (κ1) is 9.31. The van der Waals surface area contributed by atoms with Gasteiger partial charge < -0.3 is 4.52 Å². The number of rotatable bonds is 2. The van der Waals surface area contributed by atoms with Crippen LogP contribution in [0.25, 0.3) is 0 Å². The summed E-state index contributed by atoms with van der Waals surface area (Å²) in [6.07, 6.45) is 0. The van der Waals surface area contributed by atoms with Gasteiger partial charge in [-0.3, -0.25) is 14.9 Å². The second-order valence-corrected chi connectivity index (χ2v) is 2.88. The van der Waals surface area contributed by atoms with Crippen LogP contribution < -0.4 is 5.32 Å². The average molecular weight is 210 g/mol. The highest BCUT2D eigenvalue weighted by Crippen LogP contribution is 2.06. The highest BCUT2D eigenvalue weighted by molar-refractivity contribution is 6.44. The third kappa shape index (κ3) is 1.56. The third-order valence-corrected chi connectivity index (χ3v) is 1.77. The van der Waals surface area contributed by atoms with E-state index in [1.54, 1.807) is 6.92 Å². The number of carbonyl (C=O) groups is 3. The average Bonchev–Trinajstić information content (AvgIpc) is 2.67. The summed E-state index contributed by atoms with van der Waals surface area (Å²) in [7, 11) is 0. The molecule has 15 heavy (non-hydrogen) atoms. The van der Waals surface area contributed by atoms with Gasteiger partial charge in [0, 0.05) is 6.92 Å². The first-order chi connectivity index (χ1) is 7.08. The van der Waals surface area contributed by atoms with E-state index in [4.69, 9.17) is 0 Å². The van der Waals surface area contributed by atoms with Crippen molar-refractivity contribution in [3.63, 3.8) is 0 Å². The van der Waals surface area contributed by atoms with Gasteiger partial charge in [0.15, 0.2) is 5.82 Å². The number of hydrogen-bond acceptors (Lipinski definition) is 6. The topological polar surface area (TPSA) is 105 Å². The van der Waals surface area contributed by atoms with Crippen LogP contribution >= 0.6 is 0 Å². The van der Waals surface area contributed by atoms with E-state index in [-0.39, 0.29) is 12.4 Å². The van der Waals surface area contributed by atoms with Crippen LogP contribution in [0.5, 0.6) is 0 Å². The van der Waals surface area contributed by atoms with Crippen molar-refractivity contribution in [3.05, 3.63) is 11.7 Å². The van der Waals surface area contributed by atoms with Crippen LogP contribution in [0.3, 0.4) is 0 Å². The van der Waals surface area contributed by atoms with E-state index in [9.17, 15) is 14.4 Å². The second-order valence-electron chi connectivity index (χ2n) is 2.88. The minimum atomic E-state index is -0.944. The molecule has 1 aliphatic heterocycles. The molecule has 8 heteroatoms. The first-order valence-electron chi connectivity index (χ1n) is 4.04. The summed E-state index contributed by atoms with van der Waals surface area (Å²) in [6, 6.07) is -0.771. The van der Waals surface area contributed by atoms with E-state index in [0.29, 0.717) is 10.8 Å². The molecule has 0 saturated carbocycles. The predicted molar refractivity (Wildman–Crippen MR) is 43.1 cm³/mol. The normalized spacial score (nSPS) is 16.1. The molecule has 0 atom stereocenters. The van der Waals surface area contributed by atoms with E-state index in [2.05, 4.69) is 14.7 Å². The quantitative estimate of drug-likeness (QED) is 0.493. The summed E-state index contributed by atoms with van der Waals surface area (Å²) in [4.78, 5) is 37.5. The Bertz CT molecular complexity index is 452. The molecule has 0 aliphatic carbocycles. The molecule has 1 aliphatic rings. The maximum absolute atomic E-state index is 11.1. The van der Waals surface area contributed by atoms with Gasteiger partial charge in [0.1, 0.15) is 0 Å². The van der Waals surface area contributed by atoms with Gasteiger partial charge in [-0.1, -0.05) is 5.16 Å². The molecule has 0 radical (unpaired) electrons. The van der Waals surface area contributed by atoms with Gasteiger partial charge in [-0.15, -0.1) is 0 Å². The van der Waals surface area contributed by atoms with E-state index < -0.39 is 17.8 Å². The summed E-state index contributed by atoms with van der Waals surface area (Å²) >= 11 is 0. The second kappa shape index (κ2) is 3.15. The molecule has 1 fully saturated rings. The maximum Gasteiger partial charge on any atom is 0.331 e. The lowest BCUT2D eigenvalue weighted by Gasteiger charge is -2.06. The molecule has 0 aromatic carbocycles. The summed E-state index contributed by atoms with van der Waals surface area (Å²) in [5.74, 6) is -1.36. The Balaban J connectivity index is 2.16. The van der Waals surface area contributed by atoms with Crippen LogP contribution in [0.2, 0.25) is 0 Å². The molecular formula is C7H6N4O4. The molecule has 2 rings (SSSR count). The van der Waals surface area contributed by atoms with Crippen molar-refractivity contribution in [1.82, 2.24) is 20.4 Å². The van der Waals surface area contributed by atoms with Gasteiger partial charge in [-0.2, -0.15) is 4.98 Å². The zero-order chi connectivity index (χ0) is 11.0. The summed E-state index contributed by atoms with van der Waals surface area (Å²) in [5, 5.41) is 5.36. The molecule has 2 heterocycles. The van der Waals surface area contributed by atoms with Gasteiger partial charge >= 0.3 is 17.8 Å². The van der Waals surface area contributed by atoms with Crippen molar-refractivity contribution in [2.45, 2.75) is 13.5 Å². The Morgan fingerprint density at radius 2 is 2.13 bits per heavy atom. The fourth-order valence-corrected chi connectivity index (χ4v) is 1.12. The summed E-state index contributed by atoms with van der Waals surface area (Å²) in [6.45, 7) is 1.40. The Morgan fingerprint density at radius 1 is 1.40 bits per heavy atom. The van der Waals surface area contributed by atoms with Crippen molar-refractivity contribution in [1.29, 1.82) is 0 Å². The van der Waals surface area contributed by atoms with E-state index in [0.717, 1.165) is 0 Å². The van der Waals surface area contributed by atoms with Gasteiger partial charge in [0.25, 0.3) is 0 Å². The third-order valence-electron chi connectivity index (χ3n) is 1.77. The Morgan fingerprint density at radius 3 is 2.60 bits per heavy atom. The number of aromatic nitrogens is 2. The molecule has 0 bridgehead atoms. The summed E-state index contributed by atoms with van der Waals surface area (Å²) in [5.41, 5.74) is 0. The van der Waals surface area contributed by atoms with Crippen LogP contribution in [0, 0.1) is 6.92 Å². The fraction of sp³-hybridized carbons (Fsp3) is 0.286. The number of urea groups is 1. The predicted octanol–water partition coefficient (Wildman–Crippen LogP) is -1.04. The van der Waals surface area contributed by atoms with E-state index in [1.807, 2.05) is 5.32 Å². The van der Waals surface area contributed by atoms with Crippen LogP contribution in [0.1, 0.15) is 11.7 Å². The SMILES string of the molecule is Cc1nc(CN2C(=O)NC(=O)C2=O)no1. The number of imide groups is 2. The van der Waals surface area contributed by atoms with Crippen molar-refractivity contribution >= 4 is 17.8 Å². The minimum Gasteiger partial charge on any atom is -0.340 e. The maximum atomic E-state index is 11.1. The molecule has 0 unspecified atom stereocenters. The van der Waals surface area contributed by atoms with Crippen molar-refractivity contribution in [3.8, 4) is 0 Å². The number of nitrogens with zero attached hydrogens (tertiary/aromatic N) is 3. The molecule has 8 nitrogen and oxygen atoms in total. The monoisotopic (exact) mass is 210 g/mol. The molecular weight excluding hydrogens is 204 g/mol. The number of hydrogen-bond donors (Lipinski definition) is 1. The standard InChI is InChI=1S/C7H6N4O4/c1-3-8-4(10-15-3)2-11-6(13)5(12)9-7(11)14/h2H2,1H3,(H,9,12,14). The summed E-state index contributed by atoms with van der Waals surface area (Å²) < 4.78 is 4.66. The lowest BCUT2D eigenvalue weighted by atomic mass is 10.5. The molecule has 1 aromatic rings. The number of carbonyl (C=O) groups excluding carboxylic acids is 3. The van der Waals surface area contributed by atoms with Crippen LogP contribution in [0.4, 0.5) is 4.79 Å². The van der Waals surface area contributed by atoms with E-state index >= 15 is 0 Å². The zero-order valence-corrected chi connectivity index (χ0v) is 7.68. The number of amides is 4. The Kier molecular flexibility index (Phi) is 1.96. The smallest absolute Gasteiger partial charge is 0.331 e. The molecule has 1 saturated heterocycles. The van der Waals surface area contributed by atoms with Crippen LogP contribution in [-0.4, -0.2) is 32.9 Å². The highest BCUT2D eigenvalue weighted by atomic mass is 16.5. The minimum absolute atomic E-state index is 0.172. The van der Waals surface area contributed by atoms with Gasteiger partial charge in [0.05, 0.1) is 6.54 Å². The molecule has 4 amide bonds. The number of aryl methyl sites for hydroxylation is 1. The van der Waals surface area contributed by atoms with Crippen molar-refractivity contribution in [2.75, 3.05) is 0 Å². The van der Waals surface area contributed by atoms with Crippen molar-refractivity contribution in [2.24, 2.45) is 0 Å². The number of nitrogens with one attached hydrogen (secondary N) is 1. The molecule has 1 N–H and O–H groups in total. The lowest BCUT2D eigenvalue weighted by molar-refractivity contribution is -0.140. The molecule has 0 spiro atoms. The largest absolute Gasteiger partial charge is 0.340 e. The van der Waals surface area contributed by atoms with Crippen LogP contribution in [-0.2, 0) is 16.1 Å². The zero-order valence-electron chi connectivity index (χ0n) is 7.68. The molecule has 1 aromatic heterocycles. The Hall–Kier alpha value is -2.25. The molecule has 78 valence electrons. The fourth-order valence-electron chi connectivity index (χ4n) is 1.12. The highest BCUT2D eigenvalue weighted by Gasteiger charge is 2.37.